The van der Waals surface area contributed by atoms with E-state index in [1.165, 1.54) is 0 Å². The van der Waals surface area contributed by atoms with Crippen LogP contribution in [0, 0.1) is 13.8 Å². The number of rotatable bonds is 5. The Hall–Kier alpha value is -0.614. The van der Waals surface area contributed by atoms with Crippen molar-refractivity contribution in [2.24, 2.45) is 0 Å². The normalized spacial score (nSPS) is 11.9. The Morgan fingerprint density at radius 1 is 1.20 bits per heavy atom. The standard InChI is InChI=1S/C17H19N3O3S.K.H/c1-10-8-18-15(11(2)16(10)23-4)9-24(21)17-19-13-6-5-12(22-3)7-14(13)20-17;;/h5-8H,9H2,1-4H3,(H,19,20);;/t24-;;/m0../s1. The van der Waals surface area contributed by atoms with Gasteiger partial charge in [0.25, 0.3) is 0 Å². The molecule has 0 aliphatic rings. The number of benzene rings is 1. The average Bonchev–Trinajstić information content (AvgIpc) is 3.01. The first-order valence-corrected chi connectivity index (χ1v) is 8.76. The minimum absolute atomic E-state index is 0. The van der Waals surface area contributed by atoms with Crippen molar-refractivity contribution in [3.05, 3.63) is 41.2 Å². The molecule has 3 rings (SSSR count). The summed E-state index contributed by atoms with van der Waals surface area (Å²) >= 11 is -1.33. The van der Waals surface area contributed by atoms with Crippen LogP contribution in [0.1, 0.15) is 16.8 Å². The number of methoxy groups -OCH3 is 2. The number of pyridine rings is 1. The van der Waals surface area contributed by atoms with Gasteiger partial charge < -0.3 is 14.0 Å². The first-order chi connectivity index (χ1) is 11.5. The van der Waals surface area contributed by atoms with E-state index in [0.29, 0.717) is 10.9 Å². The zero-order valence-corrected chi connectivity index (χ0v) is 14.9. The summed E-state index contributed by atoms with van der Waals surface area (Å²) in [6.45, 7) is 3.86. The van der Waals surface area contributed by atoms with Crippen LogP contribution in [0.15, 0.2) is 29.6 Å². The van der Waals surface area contributed by atoms with Gasteiger partial charge in [-0.25, -0.2) is 0 Å². The first-order valence-electron chi connectivity index (χ1n) is 7.44. The van der Waals surface area contributed by atoms with Crippen LogP contribution < -0.4 is 9.47 Å². The third kappa shape index (κ3) is 4.39. The van der Waals surface area contributed by atoms with Gasteiger partial charge in [0.2, 0.25) is 0 Å². The van der Waals surface area contributed by atoms with Gasteiger partial charge in [-0.15, -0.1) is 0 Å². The van der Waals surface area contributed by atoms with Crippen LogP contribution in [-0.2, 0) is 16.9 Å². The Morgan fingerprint density at radius 3 is 2.64 bits per heavy atom. The number of ether oxygens (including phenoxy) is 2. The fourth-order valence-electron chi connectivity index (χ4n) is 2.61. The minimum atomic E-state index is -1.33. The Kier molecular flexibility index (Phi) is 7.33. The predicted molar refractivity (Wildman–Crippen MR) is 100 cm³/mol. The van der Waals surface area contributed by atoms with Crippen LogP contribution in [0.25, 0.3) is 11.0 Å². The van der Waals surface area contributed by atoms with Crippen LogP contribution in [0.4, 0.5) is 0 Å². The molecule has 2 heterocycles. The summed E-state index contributed by atoms with van der Waals surface area (Å²) in [6.07, 6.45) is 1.74. The number of hydrogen-bond donors (Lipinski definition) is 1. The van der Waals surface area contributed by atoms with Crippen molar-refractivity contribution in [3.8, 4) is 11.5 Å². The number of hydrogen-bond acceptors (Lipinski definition) is 5. The third-order valence-corrected chi connectivity index (χ3v) is 5.06. The molecule has 0 aliphatic heterocycles. The Bertz CT molecular complexity index is 885. The van der Waals surface area contributed by atoms with E-state index in [1.807, 2.05) is 32.0 Å². The molecule has 0 bridgehead atoms. The first kappa shape index (κ1) is 20.7. The molecular weight excluding hydrogens is 365 g/mol. The Balaban J connectivity index is 0.00000225. The summed E-state index contributed by atoms with van der Waals surface area (Å²) in [4.78, 5) is 11.9. The molecule has 25 heavy (non-hydrogen) atoms. The van der Waals surface area contributed by atoms with Crippen molar-refractivity contribution in [2.75, 3.05) is 14.2 Å². The van der Waals surface area contributed by atoms with Crippen molar-refractivity contribution >= 4 is 73.6 Å². The van der Waals surface area contributed by atoms with E-state index in [4.69, 9.17) is 9.47 Å². The number of aromatic amines is 1. The number of aryl methyl sites for hydroxylation is 1. The molecule has 1 N–H and O–H groups in total. The van der Waals surface area contributed by atoms with E-state index >= 15 is 0 Å². The number of fused-ring (bicyclic) bond motifs is 1. The van der Waals surface area contributed by atoms with Gasteiger partial charge in [0.05, 0.1) is 30.9 Å². The molecule has 0 saturated carbocycles. The van der Waals surface area contributed by atoms with Gasteiger partial charge in [-0.1, -0.05) is 0 Å². The molecule has 6 nitrogen and oxygen atoms in total. The van der Waals surface area contributed by atoms with Gasteiger partial charge in [0, 0.05) is 34.6 Å². The Labute approximate surface area is 192 Å². The van der Waals surface area contributed by atoms with E-state index in [9.17, 15) is 4.55 Å². The maximum atomic E-state index is 12.7. The molecule has 3 aromatic rings. The van der Waals surface area contributed by atoms with Crippen molar-refractivity contribution in [3.63, 3.8) is 0 Å². The van der Waals surface area contributed by atoms with Crippen LogP contribution in [0.3, 0.4) is 0 Å². The Morgan fingerprint density at radius 2 is 1.96 bits per heavy atom. The molecule has 8 heteroatoms. The molecule has 0 saturated heterocycles. The van der Waals surface area contributed by atoms with Gasteiger partial charge in [-0.3, -0.25) is 9.97 Å². The molecule has 0 amide bonds. The molecule has 1 aromatic carbocycles. The van der Waals surface area contributed by atoms with Crippen molar-refractivity contribution in [1.82, 2.24) is 15.0 Å². The van der Waals surface area contributed by atoms with Crippen molar-refractivity contribution < 1.29 is 14.0 Å². The second kappa shape index (κ2) is 8.85. The van der Waals surface area contributed by atoms with Crippen LogP contribution in [-0.4, -0.2) is 85.1 Å². The maximum absolute atomic E-state index is 12.7. The third-order valence-electron chi connectivity index (χ3n) is 3.90. The molecular formula is C17H20KN3O3S. The number of imidazole rings is 1. The molecule has 0 unspecified atom stereocenters. The van der Waals surface area contributed by atoms with E-state index in [2.05, 4.69) is 15.0 Å². The molecule has 2 aromatic heterocycles. The predicted octanol–water partition coefficient (Wildman–Crippen LogP) is 2.25. The molecule has 128 valence electrons. The van der Waals surface area contributed by atoms with Gasteiger partial charge >= 0.3 is 56.5 Å². The number of H-pyrrole nitrogens is 1. The topological polar surface area (TPSA) is 83.1 Å². The summed E-state index contributed by atoms with van der Waals surface area (Å²) in [5.74, 6) is 1.78. The molecule has 0 aliphatic carbocycles. The summed E-state index contributed by atoms with van der Waals surface area (Å²) in [5, 5.41) is 0.430. The second-order valence-corrected chi connectivity index (χ2v) is 6.83. The molecule has 0 spiro atoms. The van der Waals surface area contributed by atoms with E-state index in [1.54, 1.807) is 20.4 Å². The van der Waals surface area contributed by atoms with E-state index in [-0.39, 0.29) is 57.1 Å². The summed E-state index contributed by atoms with van der Waals surface area (Å²) in [7, 11) is 3.23. The molecule has 0 radical (unpaired) electrons. The number of aromatic nitrogens is 3. The fourth-order valence-corrected chi connectivity index (χ4v) is 3.71. The SMILES string of the molecule is COc1ccc2[nH]c([S@@+]([O-])Cc3ncc(C)c(OC)c3C)nc2c1.[KH]. The van der Waals surface area contributed by atoms with Crippen LogP contribution in [0.2, 0.25) is 0 Å². The molecule has 0 fully saturated rings. The number of nitrogens with one attached hydrogen (secondary N) is 1. The zero-order chi connectivity index (χ0) is 17.3. The van der Waals surface area contributed by atoms with Crippen LogP contribution >= 0.6 is 0 Å². The summed E-state index contributed by atoms with van der Waals surface area (Å²) in [6, 6.07) is 5.51. The van der Waals surface area contributed by atoms with Crippen molar-refractivity contribution in [2.45, 2.75) is 24.8 Å². The van der Waals surface area contributed by atoms with Crippen molar-refractivity contribution in [1.29, 1.82) is 0 Å². The second-order valence-electron chi connectivity index (χ2n) is 5.46. The van der Waals surface area contributed by atoms with E-state index in [0.717, 1.165) is 33.6 Å². The van der Waals surface area contributed by atoms with Gasteiger partial charge in [0.15, 0.2) is 5.75 Å². The van der Waals surface area contributed by atoms with Crippen LogP contribution in [0.5, 0.6) is 11.5 Å². The monoisotopic (exact) mass is 385 g/mol. The quantitative estimate of drug-likeness (QED) is 0.538. The van der Waals surface area contributed by atoms with Gasteiger partial charge in [-0.2, -0.15) is 4.98 Å². The molecule has 1 atom stereocenters. The zero-order valence-electron chi connectivity index (χ0n) is 14.0. The van der Waals surface area contributed by atoms with Gasteiger partial charge in [0.1, 0.15) is 11.5 Å². The van der Waals surface area contributed by atoms with E-state index < -0.39 is 11.2 Å². The average molecular weight is 386 g/mol. The van der Waals surface area contributed by atoms with Gasteiger partial charge in [-0.05, 0) is 26.0 Å². The number of nitrogens with zero attached hydrogens (tertiary/aromatic N) is 2. The summed E-state index contributed by atoms with van der Waals surface area (Å²) < 4.78 is 23.3. The fraction of sp³-hybridized carbons (Fsp3) is 0.294. The summed E-state index contributed by atoms with van der Waals surface area (Å²) in [5.41, 5.74) is 4.16.